The number of rotatable bonds is 0. The van der Waals surface area contributed by atoms with Crippen LogP contribution >= 0.6 is 0 Å². The summed E-state index contributed by atoms with van der Waals surface area (Å²) < 4.78 is 27.2. The van der Waals surface area contributed by atoms with Crippen molar-refractivity contribution in [2.24, 2.45) is 0 Å². The molecular formula is C21H19KO3S. The van der Waals surface area contributed by atoms with E-state index < -0.39 is 10.1 Å². The maximum Gasteiger partial charge on any atom is 1.00 e. The van der Waals surface area contributed by atoms with Crippen molar-refractivity contribution in [3.63, 3.8) is 0 Å². The minimum Gasteiger partial charge on any atom is -0.748 e. The van der Waals surface area contributed by atoms with Gasteiger partial charge in [0.1, 0.15) is 0 Å². The van der Waals surface area contributed by atoms with E-state index >= 15 is 0 Å². The molecule has 0 atom stereocenters. The minimum absolute atomic E-state index is 0. The molecule has 0 bridgehead atoms. The summed E-state index contributed by atoms with van der Waals surface area (Å²) in [5.41, 5.74) is 0. The molecular weight excluding hydrogens is 371 g/mol. The van der Waals surface area contributed by atoms with E-state index in [9.17, 15) is 0 Å². The van der Waals surface area contributed by atoms with Gasteiger partial charge >= 0.3 is 51.4 Å². The summed E-state index contributed by atoms with van der Waals surface area (Å²) in [5, 5.41) is 5.24. The molecule has 4 aromatic rings. The Balaban J connectivity index is 0.000000204. The standard InChI is InChI=1S/2C10H8.CH4O3S.K/c2*1-2-6-10-8-4-3-7-9(10)5-1;1-5(2,3)4;/h2*1-8H;1H3,(H,2,3,4);/q;;;+1/p-1. The van der Waals surface area contributed by atoms with E-state index in [0.717, 1.165) is 0 Å². The number of hydrogen-bond donors (Lipinski definition) is 0. The van der Waals surface area contributed by atoms with Gasteiger partial charge in [-0.1, -0.05) is 97.1 Å². The Bertz CT molecular complexity index is 837. The van der Waals surface area contributed by atoms with Crippen LogP contribution in [0.15, 0.2) is 97.1 Å². The number of benzene rings is 4. The first-order valence-electron chi connectivity index (χ1n) is 7.72. The molecule has 0 saturated carbocycles. The van der Waals surface area contributed by atoms with E-state index in [-0.39, 0.29) is 51.4 Å². The zero-order valence-corrected chi connectivity index (χ0v) is 18.8. The summed E-state index contributed by atoms with van der Waals surface area (Å²) in [5.74, 6) is 0. The van der Waals surface area contributed by atoms with Gasteiger partial charge in [0.25, 0.3) is 0 Å². The van der Waals surface area contributed by atoms with Crippen LogP contribution in [-0.2, 0) is 10.1 Å². The molecule has 0 N–H and O–H groups in total. The van der Waals surface area contributed by atoms with Crippen molar-refractivity contribution in [1.29, 1.82) is 0 Å². The third-order valence-corrected chi connectivity index (χ3v) is 3.32. The van der Waals surface area contributed by atoms with Crippen LogP contribution in [0.4, 0.5) is 0 Å². The van der Waals surface area contributed by atoms with Crippen LogP contribution < -0.4 is 51.4 Å². The topological polar surface area (TPSA) is 57.2 Å². The van der Waals surface area contributed by atoms with Crippen molar-refractivity contribution in [3.05, 3.63) is 97.1 Å². The molecule has 4 rings (SSSR count). The van der Waals surface area contributed by atoms with Crippen molar-refractivity contribution in [3.8, 4) is 0 Å². The first-order chi connectivity index (χ1) is 11.9. The molecule has 3 nitrogen and oxygen atoms in total. The Morgan fingerprint density at radius 2 is 0.654 bits per heavy atom. The summed E-state index contributed by atoms with van der Waals surface area (Å²) in [6.45, 7) is 0. The fourth-order valence-corrected chi connectivity index (χ4v) is 2.27. The molecule has 0 aliphatic rings. The van der Waals surface area contributed by atoms with Gasteiger partial charge in [0.15, 0.2) is 0 Å². The van der Waals surface area contributed by atoms with E-state index in [1.54, 1.807) is 0 Å². The molecule has 5 heteroatoms. The van der Waals surface area contributed by atoms with Crippen LogP contribution in [0.3, 0.4) is 0 Å². The van der Waals surface area contributed by atoms with Crippen molar-refractivity contribution < 1.29 is 64.4 Å². The summed E-state index contributed by atoms with van der Waals surface area (Å²) in [6, 6.07) is 33.4. The molecule has 0 aliphatic carbocycles. The SMILES string of the molecule is CS(=O)(=O)[O-].[K+].c1ccc2ccccc2c1.c1ccc2ccccc2c1. The van der Waals surface area contributed by atoms with E-state index in [2.05, 4.69) is 97.1 Å². The maximum atomic E-state index is 9.08. The van der Waals surface area contributed by atoms with Gasteiger partial charge in [-0.15, -0.1) is 0 Å². The second-order valence-corrected chi connectivity index (χ2v) is 6.81. The molecule has 0 unspecified atom stereocenters. The monoisotopic (exact) mass is 390 g/mol. The van der Waals surface area contributed by atoms with E-state index in [4.69, 9.17) is 13.0 Å². The maximum absolute atomic E-state index is 9.08. The molecule has 0 amide bonds. The van der Waals surface area contributed by atoms with Crippen LogP contribution in [0.1, 0.15) is 0 Å². The van der Waals surface area contributed by atoms with Crippen LogP contribution in [0.25, 0.3) is 21.5 Å². The van der Waals surface area contributed by atoms with Crippen LogP contribution in [0, 0.1) is 0 Å². The molecule has 128 valence electrons. The normalized spacial score (nSPS) is 9.92. The molecule has 0 radical (unpaired) electrons. The Morgan fingerprint density at radius 1 is 0.538 bits per heavy atom. The number of hydrogen-bond acceptors (Lipinski definition) is 3. The first-order valence-corrected chi connectivity index (χ1v) is 9.53. The van der Waals surface area contributed by atoms with Gasteiger partial charge in [0, 0.05) is 6.26 Å². The van der Waals surface area contributed by atoms with Gasteiger partial charge in [0.2, 0.25) is 0 Å². The molecule has 0 saturated heterocycles. The molecule has 0 aromatic heterocycles. The Hall–Kier alpha value is -1.05. The average Bonchev–Trinajstić information content (AvgIpc) is 2.61. The second kappa shape index (κ2) is 11.6. The van der Waals surface area contributed by atoms with Crippen molar-refractivity contribution in [1.82, 2.24) is 0 Å². The van der Waals surface area contributed by atoms with Crippen molar-refractivity contribution in [2.45, 2.75) is 0 Å². The molecule has 0 aliphatic heterocycles. The van der Waals surface area contributed by atoms with Gasteiger partial charge in [-0.3, -0.25) is 0 Å². The van der Waals surface area contributed by atoms with Crippen molar-refractivity contribution in [2.75, 3.05) is 6.26 Å². The van der Waals surface area contributed by atoms with Gasteiger partial charge < -0.3 is 4.55 Å². The van der Waals surface area contributed by atoms with Gasteiger partial charge in [-0.05, 0) is 21.5 Å². The Labute approximate surface area is 197 Å². The third-order valence-electron chi connectivity index (χ3n) is 3.32. The molecule has 0 spiro atoms. The molecule has 0 fully saturated rings. The number of fused-ring (bicyclic) bond motifs is 2. The quantitative estimate of drug-likeness (QED) is 0.340. The summed E-state index contributed by atoms with van der Waals surface area (Å²) in [4.78, 5) is 0. The predicted molar refractivity (Wildman–Crippen MR) is 104 cm³/mol. The van der Waals surface area contributed by atoms with Crippen LogP contribution in [0.5, 0.6) is 0 Å². The van der Waals surface area contributed by atoms with Crippen molar-refractivity contribution >= 4 is 31.7 Å². The predicted octanol–water partition coefficient (Wildman–Crippen LogP) is 1.85. The van der Waals surface area contributed by atoms with Crippen LogP contribution in [0.2, 0.25) is 0 Å². The smallest absolute Gasteiger partial charge is 0.748 e. The average molecular weight is 391 g/mol. The van der Waals surface area contributed by atoms with Gasteiger partial charge in [0.05, 0.1) is 10.1 Å². The molecule has 26 heavy (non-hydrogen) atoms. The fourth-order valence-electron chi connectivity index (χ4n) is 2.27. The first kappa shape index (κ1) is 23.0. The van der Waals surface area contributed by atoms with E-state index in [1.165, 1.54) is 21.5 Å². The van der Waals surface area contributed by atoms with Gasteiger partial charge in [-0.2, -0.15) is 0 Å². The summed E-state index contributed by atoms with van der Waals surface area (Å²) >= 11 is 0. The van der Waals surface area contributed by atoms with Crippen LogP contribution in [-0.4, -0.2) is 19.2 Å². The zero-order valence-electron chi connectivity index (χ0n) is 14.9. The fraction of sp³-hybridized carbons (Fsp3) is 0.0476. The third kappa shape index (κ3) is 9.05. The second-order valence-electron chi connectivity index (χ2n) is 5.40. The van der Waals surface area contributed by atoms with E-state index in [1.807, 2.05) is 0 Å². The largest absolute Gasteiger partial charge is 1.00 e. The summed E-state index contributed by atoms with van der Waals surface area (Å²) in [6.07, 6.45) is 0.604. The molecule has 4 aromatic carbocycles. The Morgan fingerprint density at radius 3 is 0.769 bits per heavy atom. The molecule has 0 heterocycles. The van der Waals surface area contributed by atoms with Gasteiger partial charge in [-0.25, -0.2) is 8.42 Å². The van der Waals surface area contributed by atoms with E-state index in [0.29, 0.717) is 6.26 Å². The Kier molecular flexibility index (Phi) is 10.3. The summed E-state index contributed by atoms with van der Waals surface area (Å²) in [7, 11) is -3.92. The zero-order chi connectivity index (χ0) is 18.1. The minimum atomic E-state index is -3.92.